The van der Waals surface area contributed by atoms with Crippen LogP contribution in [0.4, 0.5) is 13.2 Å². The number of nitrogens with one attached hydrogen (secondary N) is 1. The molecule has 1 aromatic heterocycles. The van der Waals surface area contributed by atoms with Crippen LogP contribution in [-0.4, -0.2) is 29.0 Å². The van der Waals surface area contributed by atoms with Crippen molar-refractivity contribution in [3.05, 3.63) is 42.2 Å². The number of aromatic nitrogens is 2. The Morgan fingerprint density at radius 2 is 1.82 bits per heavy atom. The number of piperidine rings is 1. The minimum atomic E-state index is -4.33. The van der Waals surface area contributed by atoms with E-state index in [2.05, 4.69) is 10.4 Å². The molecule has 118 valence electrons. The summed E-state index contributed by atoms with van der Waals surface area (Å²) in [6.45, 7) is 1.86. The molecule has 3 rings (SSSR count). The molecule has 0 saturated carbocycles. The maximum absolute atomic E-state index is 12.5. The van der Waals surface area contributed by atoms with Crippen LogP contribution in [0.15, 0.2) is 36.7 Å². The minimum Gasteiger partial charge on any atom is -0.487 e. The molecule has 0 amide bonds. The molecule has 1 fully saturated rings. The molecule has 0 aliphatic carbocycles. The van der Waals surface area contributed by atoms with Crippen LogP contribution in [0.2, 0.25) is 0 Å². The highest BCUT2D eigenvalue weighted by atomic mass is 19.4. The Hall–Kier alpha value is -2.02. The molecule has 22 heavy (non-hydrogen) atoms. The van der Waals surface area contributed by atoms with Crippen LogP contribution in [0.25, 0.3) is 5.69 Å². The smallest absolute Gasteiger partial charge is 0.416 e. The molecule has 2 aromatic rings. The maximum Gasteiger partial charge on any atom is 0.416 e. The molecule has 1 saturated heterocycles. The molecule has 1 aliphatic rings. The number of rotatable bonds is 3. The summed E-state index contributed by atoms with van der Waals surface area (Å²) in [7, 11) is 0. The van der Waals surface area contributed by atoms with Gasteiger partial charge in [-0.25, -0.2) is 4.68 Å². The van der Waals surface area contributed by atoms with E-state index in [9.17, 15) is 13.2 Å². The summed E-state index contributed by atoms with van der Waals surface area (Å²) in [5, 5.41) is 7.39. The van der Waals surface area contributed by atoms with Gasteiger partial charge in [-0.1, -0.05) is 0 Å². The highest BCUT2D eigenvalue weighted by Crippen LogP contribution is 2.29. The lowest BCUT2D eigenvalue weighted by Crippen LogP contribution is -2.34. The summed E-state index contributed by atoms with van der Waals surface area (Å²) in [4.78, 5) is 0. The standard InChI is InChI=1S/C15H16F3N3O/c16-15(17,18)11-1-3-12(4-2-11)21-10-14(9-20-21)22-13-5-7-19-8-6-13/h1-4,9-10,13,19H,5-8H2. The Labute approximate surface area is 125 Å². The van der Waals surface area contributed by atoms with E-state index in [0.29, 0.717) is 11.4 Å². The fourth-order valence-corrected chi connectivity index (χ4v) is 2.42. The van der Waals surface area contributed by atoms with E-state index in [0.717, 1.165) is 38.1 Å². The van der Waals surface area contributed by atoms with Crippen LogP contribution in [-0.2, 0) is 6.18 Å². The summed E-state index contributed by atoms with van der Waals surface area (Å²) < 4.78 is 45.0. The van der Waals surface area contributed by atoms with E-state index in [1.807, 2.05) is 0 Å². The minimum absolute atomic E-state index is 0.159. The third-order valence-electron chi connectivity index (χ3n) is 3.61. The molecule has 1 N–H and O–H groups in total. The molecule has 0 unspecified atom stereocenters. The van der Waals surface area contributed by atoms with Crippen LogP contribution in [0.1, 0.15) is 18.4 Å². The molecule has 0 atom stereocenters. The highest BCUT2D eigenvalue weighted by Gasteiger charge is 2.30. The third kappa shape index (κ3) is 3.41. The second-order valence-electron chi connectivity index (χ2n) is 5.23. The maximum atomic E-state index is 12.5. The molecule has 0 bridgehead atoms. The van der Waals surface area contributed by atoms with Crippen molar-refractivity contribution in [3.63, 3.8) is 0 Å². The van der Waals surface area contributed by atoms with E-state index in [4.69, 9.17) is 4.74 Å². The monoisotopic (exact) mass is 311 g/mol. The summed E-state index contributed by atoms with van der Waals surface area (Å²) in [6, 6.07) is 4.88. The highest BCUT2D eigenvalue weighted by molar-refractivity contribution is 5.36. The average Bonchev–Trinajstić information content (AvgIpc) is 2.96. The predicted octanol–water partition coefficient (Wildman–Crippen LogP) is 3.02. The molecular weight excluding hydrogens is 295 g/mol. The zero-order valence-corrected chi connectivity index (χ0v) is 11.8. The SMILES string of the molecule is FC(F)(F)c1ccc(-n2cc(OC3CCNCC3)cn2)cc1. The molecule has 0 radical (unpaired) electrons. The van der Waals surface area contributed by atoms with Gasteiger partial charge in [-0.3, -0.25) is 0 Å². The normalized spacial score (nSPS) is 16.7. The van der Waals surface area contributed by atoms with Crippen molar-refractivity contribution in [2.24, 2.45) is 0 Å². The van der Waals surface area contributed by atoms with Gasteiger partial charge < -0.3 is 10.1 Å². The summed E-state index contributed by atoms with van der Waals surface area (Å²) in [5.41, 5.74) is -0.109. The summed E-state index contributed by atoms with van der Waals surface area (Å²) in [5.74, 6) is 0.631. The first-order valence-electron chi connectivity index (χ1n) is 7.12. The quantitative estimate of drug-likeness (QED) is 0.947. The largest absolute Gasteiger partial charge is 0.487 e. The number of ether oxygens (including phenoxy) is 1. The lowest BCUT2D eigenvalue weighted by atomic mass is 10.1. The first kappa shape index (κ1) is 14.9. The topological polar surface area (TPSA) is 39.1 Å². The zero-order valence-electron chi connectivity index (χ0n) is 11.8. The first-order chi connectivity index (χ1) is 10.5. The third-order valence-corrected chi connectivity index (χ3v) is 3.61. The van der Waals surface area contributed by atoms with Crippen LogP contribution < -0.4 is 10.1 Å². The number of benzene rings is 1. The Morgan fingerprint density at radius 1 is 1.14 bits per heavy atom. The molecule has 2 heterocycles. The van der Waals surface area contributed by atoms with Crippen molar-refractivity contribution in [1.82, 2.24) is 15.1 Å². The average molecular weight is 311 g/mol. The summed E-state index contributed by atoms with van der Waals surface area (Å²) >= 11 is 0. The fraction of sp³-hybridized carbons (Fsp3) is 0.400. The predicted molar refractivity (Wildman–Crippen MR) is 75.1 cm³/mol. The van der Waals surface area contributed by atoms with E-state index in [1.165, 1.54) is 16.8 Å². The zero-order chi connectivity index (χ0) is 15.6. The van der Waals surface area contributed by atoms with Crippen molar-refractivity contribution >= 4 is 0 Å². The molecule has 1 aliphatic heterocycles. The second-order valence-corrected chi connectivity index (χ2v) is 5.23. The van der Waals surface area contributed by atoms with Gasteiger partial charge >= 0.3 is 6.18 Å². The fourth-order valence-electron chi connectivity index (χ4n) is 2.42. The van der Waals surface area contributed by atoms with E-state index in [-0.39, 0.29) is 6.10 Å². The van der Waals surface area contributed by atoms with Gasteiger partial charge in [-0.05, 0) is 50.2 Å². The van der Waals surface area contributed by atoms with Gasteiger partial charge in [-0.2, -0.15) is 18.3 Å². The molecule has 0 spiro atoms. The molecule has 7 heteroatoms. The van der Waals surface area contributed by atoms with E-state index in [1.54, 1.807) is 12.4 Å². The Morgan fingerprint density at radius 3 is 2.45 bits per heavy atom. The molecule has 4 nitrogen and oxygen atoms in total. The Bertz CT molecular complexity index is 616. The number of alkyl halides is 3. The van der Waals surface area contributed by atoms with Crippen molar-refractivity contribution in [3.8, 4) is 11.4 Å². The summed E-state index contributed by atoms with van der Waals surface area (Å²) in [6.07, 6.45) is 0.971. The Kier molecular flexibility index (Phi) is 4.06. The van der Waals surface area contributed by atoms with E-state index < -0.39 is 11.7 Å². The van der Waals surface area contributed by atoms with E-state index >= 15 is 0 Å². The van der Waals surface area contributed by atoms with Crippen molar-refractivity contribution in [1.29, 1.82) is 0 Å². The van der Waals surface area contributed by atoms with Crippen LogP contribution in [0.5, 0.6) is 5.75 Å². The van der Waals surface area contributed by atoms with Gasteiger partial charge in [0, 0.05) is 0 Å². The molecular formula is C15H16F3N3O. The van der Waals surface area contributed by atoms with Gasteiger partial charge in [0.15, 0.2) is 5.75 Å². The van der Waals surface area contributed by atoms with Gasteiger partial charge in [0.25, 0.3) is 0 Å². The first-order valence-corrected chi connectivity index (χ1v) is 7.12. The number of hydrogen-bond acceptors (Lipinski definition) is 3. The van der Waals surface area contributed by atoms with Gasteiger partial charge in [0.2, 0.25) is 0 Å². The number of hydrogen-bond donors (Lipinski definition) is 1. The van der Waals surface area contributed by atoms with Crippen molar-refractivity contribution in [2.75, 3.05) is 13.1 Å². The molecule has 1 aromatic carbocycles. The van der Waals surface area contributed by atoms with Gasteiger partial charge in [0.1, 0.15) is 6.10 Å². The lowest BCUT2D eigenvalue weighted by molar-refractivity contribution is -0.137. The number of halogens is 3. The lowest BCUT2D eigenvalue weighted by Gasteiger charge is -2.22. The van der Waals surface area contributed by atoms with Crippen molar-refractivity contribution in [2.45, 2.75) is 25.1 Å². The van der Waals surface area contributed by atoms with Gasteiger partial charge in [-0.15, -0.1) is 0 Å². The van der Waals surface area contributed by atoms with Gasteiger partial charge in [0.05, 0.1) is 23.6 Å². The van der Waals surface area contributed by atoms with Crippen LogP contribution >= 0.6 is 0 Å². The van der Waals surface area contributed by atoms with Crippen LogP contribution in [0, 0.1) is 0 Å². The van der Waals surface area contributed by atoms with Crippen molar-refractivity contribution < 1.29 is 17.9 Å². The van der Waals surface area contributed by atoms with Crippen LogP contribution in [0.3, 0.4) is 0 Å². The second kappa shape index (κ2) is 6.00. The number of nitrogens with zero attached hydrogens (tertiary/aromatic N) is 2. The Balaban J connectivity index is 1.70.